The molecule has 0 aromatic carbocycles. The molecule has 4 N–H and O–H groups in total. The van der Waals surface area contributed by atoms with E-state index in [1.165, 1.54) is 0 Å². The van der Waals surface area contributed by atoms with Crippen molar-refractivity contribution >= 4 is 29.6 Å². The first kappa shape index (κ1) is 27.9. The molecular weight excluding hydrogens is 464 g/mol. The van der Waals surface area contributed by atoms with E-state index in [4.69, 9.17) is 10.5 Å². The van der Waals surface area contributed by atoms with Gasteiger partial charge in [0.1, 0.15) is 17.7 Å². The van der Waals surface area contributed by atoms with Crippen LogP contribution < -0.4 is 16.4 Å². The lowest BCUT2D eigenvalue weighted by Crippen LogP contribution is -2.58. The van der Waals surface area contributed by atoms with Crippen LogP contribution in [0, 0.1) is 17.3 Å². The maximum Gasteiger partial charge on any atom is 0.408 e. The van der Waals surface area contributed by atoms with Crippen molar-refractivity contribution in [2.75, 3.05) is 6.54 Å². The summed E-state index contributed by atoms with van der Waals surface area (Å²) in [7, 11) is 0. The minimum Gasteiger partial charge on any atom is -0.444 e. The highest BCUT2D eigenvalue weighted by molar-refractivity contribution is 6.37. The Labute approximate surface area is 213 Å². The smallest absolute Gasteiger partial charge is 0.408 e. The Hall–Kier alpha value is -2.65. The third kappa shape index (κ3) is 6.37. The quantitative estimate of drug-likeness (QED) is 0.499. The molecule has 4 amide bonds. The van der Waals surface area contributed by atoms with Crippen LogP contribution in [0.5, 0.6) is 0 Å². The zero-order valence-electron chi connectivity index (χ0n) is 22.2. The first-order valence-corrected chi connectivity index (χ1v) is 13.2. The second-order valence-electron chi connectivity index (χ2n) is 12.1. The molecule has 0 aromatic heterocycles. The van der Waals surface area contributed by atoms with Crippen LogP contribution in [0.1, 0.15) is 86.0 Å². The Morgan fingerprint density at radius 3 is 2.19 bits per heavy atom. The Morgan fingerprint density at radius 1 is 1.03 bits per heavy atom. The van der Waals surface area contributed by atoms with E-state index in [2.05, 4.69) is 24.5 Å². The molecule has 1 saturated carbocycles. The van der Waals surface area contributed by atoms with Crippen molar-refractivity contribution in [3.05, 3.63) is 0 Å². The fourth-order valence-electron chi connectivity index (χ4n) is 5.82. The third-order valence-electron chi connectivity index (χ3n) is 7.86. The summed E-state index contributed by atoms with van der Waals surface area (Å²) >= 11 is 0. The molecule has 3 aliphatic rings. The van der Waals surface area contributed by atoms with Crippen LogP contribution in [0.15, 0.2) is 0 Å². The minimum absolute atomic E-state index is 0.0661. The summed E-state index contributed by atoms with van der Waals surface area (Å²) in [6.07, 6.45) is 5.15. The number of amides is 4. The lowest BCUT2D eigenvalue weighted by Gasteiger charge is -2.34. The fourth-order valence-corrected chi connectivity index (χ4v) is 5.82. The van der Waals surface area contributed by atoms with Crippen LogP contribution in [-0.2, 0) is 23.9 Å². The topological polar surface area (TPSA) is 148 Å². The number of rotatable bonds is 3. The molecule has 10 heteroatoms. The molecule has 10 nitrogen and oxygen atoms in total. The zero-order chi connectivity index (χ0) is 26.8. The van der Waals surface area contributed by atoms with Gasteiger partial charge in [-0.1, -0.05) is 52.4 Å². The molecular formula is C26H42N4O6. The van der Waals surface area contributed by atoms with Crippen molar-refractivity contribution in [2.24, 2.45) is 23.0 Å². The Morgan fingerprint density at radius 2 is 1.61 bits per heavy atom. The predicted molar refractivity (Wildman–Crippen MR) is 132 cm³/mol. The number of Topliss-reactive ketones (excluding diaryl/α,β-unsaturated/α-hetero) is 1. The van der Waals surface area contributed by atoms with Crippen LogP contribution in [-0.4, -0.2) is 64.8 Å². The average molecular weight is 507 g/mol. The number of piperidine rings is 1. The van der Waals surface area contributed by atoms with Crippen molar-refractivity contribution in [1.82, 2.24) is 15.5 Å². The molecule has 3 rings (SSSR count). The van der Waals surface area contributed by atoms with Crippen LogP contribution in [0.4, 0.5) is 4.79 Å². The standard InChI is InChI=1S/C26H42N4O6/c1-25(2,3)36-24(35)29-17-13-11-9-7-6-8-10-12-16(20(31)21(27)32)28-22(33)19-18-15(26(18,4)5)14-30(19)23(17)34/h15-19H,6-14H2,1-5H3,(H2,27,32)(H,28,33)(H,29,35)/t15-,16+,17+,18-,19+/m1/s1. The van der Waals surface area contributed by atoms with E-state index in [-0.39, 0.29) is 23.2 Å². The van der Waals surface area contributed by atoms with Gasteiger partial charge >= 0.3 is 6.09 Å². The first-order chi connectivity index (χ1) is 16.7. The van der Waals surface area contributed by atoms with E-state index in [1.807, 2.05) is 0 Å². The van der Waals surface area contributed by atoms with E-state index in [0.717, 1.165) is 32.1 Å². The average Bonchev–Trinajstić information content (AvgIpc) is 3.09. The van der Waals surface area contributed by atoms with Crippen LogP contribution in [0.2, 0.25) is 0 Å². The highest BCUT2D eigenvalue weighted by atomic mass is 16.6. The van der Waals surface area contributed by atoms with Crippen LogP contribution in [0.25, 0.3) is 0 Å². The summed E-state index contributed by atoms with van der Waals surface area (Å²) in [5, 5.41) is 5.48. The summed E-state index contributed by atoms with van der Waals surface area (Å²) in [6, 6.07) is -2.61. The lowest BCUT2D eigenvalue weighted by molar-refractivity contribution is -0.143. The normalized spacial score (nSPS) is 31.1. The number of fused-ring (bicyclic) bond motifs is 3. The van der Waals surface area contributed by atoms with Gasteiger partial charge in [0.15, 0.2) is 0 Å². The van der Waals surface area contributed by atoms with Gasteiger partial charge < -0.3 is 26.0 Å². The van der Waals surface area contributed by atoms with Crippen LogP contribution >= 0.6 is 0 Å². The molecule has 202 valence electrons. The van der Waals surface area contributed by atoms with E-state index >= 15 is 0 Å². The summed E-state index contributed by atoms with van der Waals surface area (Å²) in [6.45, 7) is 9.79. The van der Waals surface area contributed by atoms with Crippen molar-refractivity contribution in [3.63, 3.8) is 0 Å². The number of carbonyl (C=O) groups is 5. The van der Waals surface area contributed by atoms with Gasteiger partial charge in [0.05, 0.1) is 6.04 Å². The number of nitrogens with one attached hydrogen (secondary N) is 2. The molecule has 5 atom stereocenters. The lowest BCUT2D eigenvalue weighted by atomic mass is 9.98. The second-order valence-corrected chi connectivity index (χ2v) is 12.1. The van der Waals surface area contributed by atoms with E-state index < -0.39 is 47.4 Å². The highest BCUT2D eigenvalue weighted by Gasteiger charge is 2.69. The number of alkyl carbamates (subject to hydrolysis) is 1. The van der Waals surface area contributed by atoms with Crippen molar-refractivity contribution in [2.45, 2.75) is 110 Å². The molecule has 0 spiro atoms. The monoisotopic (exact) mass is 506 g/mol. The first-order valence-electron chi connectivity index (χ1n) is 13.2. The predicted octanol–water partition coefficient (Wildman–Crippen LogP) is 2.04. The fraction of sp³-hybridized carbons (Fsp3) is 0.808. The molecule has 2 aliphatic heterocycles. The van der Waals surface area contributed by atoms with Gasteiger partial charge in [-0.05, 0) is 50.9 Å². The number of nitrogens with zero attached hydrogens (tertiary/aromatic N) is 1. The van der Waals surface area contributed by atoms with E-state index in [1.54, 1.807) is 25.7 Å². The molecule has 0 unspecified atom stereocenters. The SMILES string of the molecule is CC(C)(C)OC(=O)N[C@H]1CCCCCCCC[C@@H](C(=O)C(N)=O)NC(=O)[C@@H]2[C@H]3[C@@H](CN2C1=O)C3(C)C. The van der Waals surface area contributed by atoms with Gasteiger partial charge in [-0.3, -0.25) is 19.2 Å². The highest BCUT2D eigenvalue weighted by Crippen LogP contribution is 2.64. The Balaban J connectivity index is 1.87. The molecule has 3 fully saturated rings. The molecule has 36 heavy (non-hydrogen) atoms. The second kappa shape index (κ2) is 10.8. The van der Waals surface area contributed by atoms with Gasteiger partial charge in [-0.25, -0.2) is 4.79 Å². The third-order valence-corrected chi connectivity index (χ3v) is 7.86. The largest absolute Gasteiger partial charge is 0.444 e. The van der Waals surface area contributed by atoms with E-state index in [0.29, 0.717) is 25.8 Å². The molecule has 0 aromatic rings. The van der Waals surface area contributed by atoms with Gasteiger partial charge in [0, 0.05) is 6.54 Å². The zero-order valence-corrected chi connectivity index (χ0v) is 22.2. The van der Waals surface area contributed by atoms with Gasteiger partial charge in [0.2, 0.25) is 17.6 Å². The number of hydrogen-bond acceptors (Lipinski definition) is 6. The van der Waals surface area contributed by atoms with Crippen LogP contribution in [0.3, 0.4) is 0 Å². The number of ketones is 1. The summed E-state index contributed by atoms with van der Waals surface area (Å²) < 4.78 is 5.39. The van der Waals surface area contributed by atoms with Gasteiger partial charge in [-0.2, -0.15) is 0 Å². The van der Waals surface area contributed by atoms with Gasteiger partial charge in [-0.15, -0.1) is 0 Å². The number of nitrogens with two attached hydrogens (primary N) is 1. The molecule has 0 radical (unpaired) electrons. The number of carbonyl (C=O) groups excluding carboxylic acids is 5. The van der Waals surface area contributed by atoms with Crippen molar-refractivity contribution in [1.29, 1.82) is 0 Å². The summed E-state index contributed by atoms with van der Waals surface area (Å²) in [5.74, 6) is -2.60. The Kier molecular flexibility index (Phi) is 8.35. The maximum absolute atomic E-state index is 13.7. The summed E-state index contributed by atoms with van der Waals surface area (Å²) in [4.78, 5) is 65.5. The Bertz CT molecular complexity index is 895. The molecule has 0 bridgehead atoms. The minimum atomic E-state index is -1.08. The summed E-state index contributed by atoms with van der Waals surface area (Å²) in [5.41, 5.74) is 4.42. The van der Waals surface area contributed by atoms with Crippen molar-refractivity contribution < 1.29 is 28.7 Å². The number of hydrogen-bond donors (Lipinski definition) is 3. The number of ether oxygens (including phenoxy) is 1. The van der Waals surface area contributed by atoms with Gasteiger partial charge in [0.25, 0.3) is 5.91 Å². The molecule has 1 aliphatic carbocycles. The van der Waals surface area contributed by atoms with E-state index in [9.17, 15) is 24.0 Å². The maximum atomic E-state index is 13.7. The number of primary amides is 1. The molecule has 2 saturated heterocycles. The molecule has 2 heterocycles. The van der Waals surface area contributed by atoms with Crippen molar-refractivity contribution in [3.8, 4) is 0 Å².